The molecule has 0 spiro atoms. The number of alkyl carbamates (subject to hydrolysis) is 1. The predicted octanol–water partition coefficient (Wildman–Crippen LogP) is 2.93. The molecule has 1 atom stereocenters. The van der Waals surface area contributed by atoms with Gasteiger partial charge in [0.05, 0.1) is 5.52 Å². The van der Waals surface area contributed by atoms with Gasteiger partial charge < -0.3 is 19.8 Å². The van der Waals surface area contributed by atoms with Crippen molar-refractivity contribution in [1.82, 2.24) is 10.3 Å². The van der Waals surface area contributed by atoms with Crippen LogP contribution in [0.4, 0.5) is 4.79 Å². The first-order valence-electron chi connectivity index (χ1n) is 6.41. The fourth-order valence-corrected chi connectivity index (χ4v) is 1.99. The first kappa shape index (κ1) is 14.1. The van der Waals surface area contributed by atoms with E-state index in [1.165, 1.54) is 0 Å². The highest BCUT2D eigenvalue weighted by atomic mass is 16.6. The van der Waals surface area contributed by atoms with E-state index >= 15 is 0 Å². The zero-order chi connectivity index (χ0) is 14.8. The summed E-state index contributed by atoms with van der Waals surface area (Å²) in [4.78, 5) is 26.1. The number of aldehydes is 1. The summed E-state index contributed by atoms with van der Waals surface area (Å²) in [6.45, 7) is 5.32. The molecule has 0 radical (unpaired) electrons. The Morgan fingerprint density at radius 3 is 2.75 bits per heavy atom. The molecule has 5 heteroatoms. The summed E-state index contributed by atoms with van der Waals surface area (Å²) in [6, 6.07) is 6.75. The molecular weight excluding hydrogens is 256 g/mol. The summed E-state index contributed by atoms with van der Waals surface area (Å²) in [6.07, 6.45) is 1.88. The van der Waals surface area contributed by atoms with Crippen molar-refractivity contribution < 1.29 is 14.3 Å². The van der Waals surface area contributed by atoms with Crippen LogP contribution < -0.4 is 5.32 Å². The number of hydrogen-bond acceptors (Lipinski definition) is 3. The monoisotopic (exact) mass is 274 g/mol. The average molecular weight is 274 g/mol. The lowest BCUT2D eigenvalue weighted by Crippen LogP contribution is -2.35. The Morgan fingerprint density at radius 1 is 1.35 bits per heavy atom. The highest BCUT2D eigenvalue weighted by Gasteiger charge is 2.21. The largest absolute Gasteiger partial charge is 0.444 e. The van der Waals surface area contributed by atoms with E-state index in [1.807, 2.05) is 18.2 Å². The summed E-state index contributed by atoms with van der Waals surface area (Å²) in [5, 5.41) is 3.56. The fourth-order valence-electron chi connectivity index (χ4n) is 1.99. The van der Waals surface area contributed by atoms with E-state index in [9.17, 15) is 9.59 Å². The molecule has 0 aliphatic rings. The van der Waals surface area contributed by atoms with Gasteiger partial charge in [0.2, 0.25) is 0 Å². The lowest BCUT2D eigenvalue weighted by atomic mass is 10.1. The highest BCUT2D eigenvalue weighted by molar-refractivity contribution is 5.87. The van der Waals surface area contributed by atoms with Crippen LogP contribution in [0.2, 0.25) is 0 Å². The Balaban J connectivity index is 2.22. The van der Waals surface area contributed by atoms with E-state index in [0.29, 0.717) is 11.8 Å². The number of benzene rings is 1. The molecule has 1 amide bonds. The zero-order valence-corrected chi connectivity index (χ0v) is 11.8. The quantitative estimate of drug-likeness (QED) is 0.845. The van der Waals surface area contributed by atoms with Crippen LogP contribution in [0.5, 0.6) is 0 Å². The van der Waals surface area contributed by atoms with E-state index in [0.717, 1.165) is 10.9 Å². The molecule has 1 unspecified atom stereocenters. The number of aromatic nitrogens is 1. The summed E-state index contributed by atoms with van der Waals surface area (Å²) in [7, 11) is 0. The van der Waals surface area contributed by atoms with Crippen LogP contribution >= 0.6 is 0 Å². The van der Waals surface area contributed by atoms with Gasteiger partial charge in [-0.3, -0.25) is 0 Å². The normalized spacial score (nSPS) is 12.9. The third-order valence-electron chi connectivity index (χ3n) is 2.76. The van der Waals surface area contributed by atoms with Crippen molar-refractivity contribution in [3.63, 3.8) is 0 Å². The number of nitrogens with one attached hydrogen (secondary N) is 2. The van der Waals surface area contributed by atoms with E-state index in [4.69, 9.17) is 4.74 Å². The van der Waals surface area contributed by atoms with Crippen molar-refractivity contribution >= 4 is 23.3 Å². The Bertz CT molecular complexity index is 625. The summed E-state index contributed by atoms with van der Waals surface area (Å²) in [5.74, 6) is 0. The number of para-hydroxylation sites is 1. The van der Waals surface area contributed by atoms with Crippen molar-refractivity contribution in [2.24, 2.45) is 0 Å². The van der Waals surface area contributed by atoms with Gasteiger partial charge in [-0.25, -0.2) is 4.79 Å². The zero-order valence-electron chi connectivity index (χ0n) is 11.8. The van der Waals surface area contributed by atoms with Crippen molar-refractivity contribution in [3.05, 3.63) is 36.0 Å². The molecule has 2 rings (SSSR count). The molecule has 0 aliphatic carbocycles. The van der Waals surface area contributed by atoms with E-state index in [-0.39, 0.29) is 0 Å². The Kier molecular flexibility index (Phi) is 3.79. The molecule has 0 fully saturated rings. The molecule has 0 bridgehead atoms. The van der Waals surface area contributed by atoms with Crippen molar-refractivity contribution in [2.75, 3.05) is 0 Å². The van der Waals surface area contributed by atoms with Crippen LogP contribution in [0.3, 0.4) is 0 Å². The number of carbonyl (C=O) groups is 2. The van der Waals surface area contributed by atoms with Gasteiger partial charge in [0, 0.05) is 11.8 Å². The minimum atomic E-state index is -0.743. The van der Waals surface area contributed by atoms with Crippen LogP contribution in [-0.2, 0) is 9.53 Å². The van der Waals surface area contributed by atoms with Crippen molar-refractivity contribution in [2.45, 2.75) is 32.4 Å². The fraction of sp³-hybridized carbons (Fsp3) is 0.333. The Labute approximate surface area is 117 Å². The van der Waals surface area contributed by atoms with Crippen LogP contribution in [0, 0.1) is 0 Å². The number of ether oxygens (including phenoxy) is 1. The minimum Gasteiger partial charge on any atom is -0.444 e. The van der Waals surface area contributed by atoms with Crippen LogP contribution in [0.15, 0.2) is 30.5 Å². The number of fused-ring (bicyclic) bond motifs is 1. The van der Waals surface area contributed by atoms with Gasteiger partial charge in [-0.2, -0.15) is 0 Å². The first-order valence-corrected chi connectivity index (χ1v) is 6.41. The second-order valence-corrected chi connectivity index (χ2v) is 5.55. The Hall–Kier alpha value is -2.30. The number of rotatable bonds is 3. The van der Waals surface area contributed by atoms with E-state index in [1.54, 1.807) is 33.0 Å². The third kappa shape index (κ3) is 3.17. The molecular formula is C15H18N2O3. The molecule has 106 valence electrons. The van der Waals surface area contributed by atoms with Gasteiger partial charge in [0.25, 0.3) is 0 Å². The topological polar surface area (TPSA) is 71.2 Å². The number of carbonyl (C=O) groups excluding carboxylic acids is 2. The van der Waals surface area contributed by atoms with Gasteiger partial charge in [0.15, 0.2) is 0 Å². The van der Waals surface area contributed by atoms with Gasteiger partial charge in [-0.1, -0.05) is 18.2 Å². The molecule has 1 heterocycles. The Morgan fingerprint density at radius 2 is 2.10 bits per heavy atom. The smallest absolute Gasteiger partial charge is 0.408 e. The van der Waals surface area contributed by atoms with E-state index in [2.05, 4.69) is 10.3 Å². The average Bonchev–Trinajstić information content (AvgIpc) is 2.81. The van der Waals surface area contributed by atoms with Gasteiger partial charge in [-0.05, 0) is 32.2 Å². The molecule has 1 aromatic heterocycles. The number of amides is 1. The van der Waals surface area contributed by atoms with Gasteiger partial charge >= 0.3 is 6.09 Å². The molecule has 2 aromatic rings. The van der Waals surface area contributed by atoms with Gasteiger partial charge in [0.1, 0.15) is 17.9 Å². The minimum absolute atomic E-state index is 0.601. The number of hydrogen-bond donors (Lipinski definition) is 2. The molecule has 0 aliphatic heterocycles. The molecule has 0 saturated carbocycles. The lowest BCUT2D eigenvalue weighted by molar-refractivity contribution is -0.109. The second kappa shape index (κ2) is 5.36. The maximum atomic E-state index is 11.8. The predicted molar refractivity (Wildman–Crippen MR) is 76.5 cm³/mol. The first-order chi connectivity index (χ1) is 9.40. The maximum Gasteiger partial charge on any atom is 0.408 e. The van der Waals surface area contributed by atoms with Crippen LogP contribution in [0.25, 0.3) is 10.9 Å². The van der Waals surface area contributed by atoms with Crippen LogP contribution in [-0.4, -0.2) is 23.0 Å². The SMILES string of the molecule is CC(C)(C)OC(=O)NC(C=O)c1cccc2cc[nH]c12. The number of H-pyrrole nitrogens is 1. The molecule has 5 nitrogen and oxygen atoms in total. The summed E-state index contributed by atoms with van der Waals surface area (Å²) in [5.41, 5.74) is 0.949. The number of aromatic amines is 1. The lowest BCUT2D eigenvalue weighted by Gasteiger charge is -2.21. The summed E-state index contributed by atoms with van der Waals surface area (Å²) < 4.78 is 5.17. The highest BCUT2D eigenvalue weighted by Crippen LogP contribution is 2.22. The second-order valence-electron chi connectivity index (χ2n) is 5.55. The molecule has 1 aromatic carbocycles. The van der Waals surface area contributed by atoms with E-state index < -0.39 is 17.7 Å². The van der Waals surface area contributed by atoms with Crippen LogP contribution in [0.1, 0.15) is 32.4 Å². The molecule has 2 N–H and O–H groups in total. The van der Waals surface area contributed by atoms with Crippen molar-refractivity contribution in [3.8, 4) is 0 Å². The maximum absolute atomic E-state index is 11.8. The van der Waals surface area contributed by atoms with Crippen molar-refractivity contribution in [1.29, 1.82) is 0 Å². The third-order valence-corrected chi connectivity index (χ3v) is 2.76. The standard InChI is InChI=1S/C15H18N2O3/c1-15(2,3)20-14(19)17-12(9-18)11-6-4-5-10-7-8-16-13(10)11/h4-9,12,16H,1-3H3,(H,17,19). The molecule has 20 heavy (non-hydrogen) atoms. The van der Waals surface area contributed by atoms with Gasteiger partial charge in [-0.15, -0.1) is 0 Å². The summed E-state index contributed by atoms with van der Waals surface area (Å²) >= 11 is 0. The molecule has 0 saturated heterocycles.